The minimum atomic E-state index is -0.418. The maximum Gasteiger partial charge on any atom is 0.349 e. The Hall–Kier alpha value is -1.30. The molecule has 2 rings (SSSR count). The van der Waals surface area contributed by atoms with E-state index in [-0.39, 0.29) is 0 Å². The lowest BCUT2D eigenvalue weighted by Gasteiger charge is -2.04. The lowest BCUT2D eigenvalue weighted by atomic mass is 10.1. The van der Waals surface area contributed by atoms with Crippen molar-refractivity contribution >= 4 is 45.4 Å². The molecule has 0 aliphatic carbocycles. The topological polar surface area (TPSA) is 52.3 Å². The summed E-state index contributed by atoms with van der Waals surface area (Å²) in [6, 6.07) is 11.2. The van der Waals surface area contributed by atoms with E-state index in [0.29, 0.717) is 11.3 Å². The fourth-order valence-electron chi connectivity index (χ4n) is 1.48. The average molecular weight is 313 g/mol. The Balaban J connectivity index is 2.67. The molecule has 2 aromatic rings. The molecular formula is C11H8INO2. The standard InChI is InChI=1S/C11H8INO2/c12-15-11(14)9-5-7-3-1-2-4-8(7)6-10(9)13/h1-6H,13H2. The van der Waals surface area contributed by atoms with E-state index < -0.39 is 5.97 Å². The Morgan fingerprint density at radius 2 is 1.80 bits per heavy atom. The normalized spacial score (nSPS) is 10.2. The van der Waals surface area contributed by atoms with Crippen molar-refractivity contribution < 1.29 is 7.86 Å². The molecule has 15 heavy (non-hydrogen) atoms. The highest BCUT2D eigenvalue weighted by molar-refractivity contribution is 14.1. The van der Waals surface area contributed by atoms with Gasteiger partial charge in [0.05, 0.1) is 5.56 Å². The first kappa shape index (κ1) is 10.2. The largest absolute Gasteiger partial charge is 0.398 e. The van der Waals surface area contributed by atoms with Crippen molar-refractivity contribution in [2.45, 2.75) is 0 Å². The molecule has 2 N–H and O–H groups in total. The Bertz CT molecular complexity index is 525. The maximum atomic E-state index is 11.4. The summed E-state index contributed by atoms with van der Waals surface area (Å²) in [5.41, 5.74) is 6.60. The van der Waals surface area contributed by atoms with Crippen LogP contribution in [-0.4, -0.2) is 5.97 Å². The Kier molecular flexibility index (Phi) is 2.77. The highest BCUT2D eigenvalue weighted by Crippen LogP contribution is 2.22. The van der Waals surface area contributed by atoms with Gasteiger partial charge in [0, 0.05) is 5.69 Å². The van der Waals surface area contributed by atoms with E-state index >= 15 is 0 Å². The van der Waals surface area contributed by atoms with Crippen molar-refractivity contribution in [2.75, 3.05) is 5.73 Å². The first-order valence-corrected chi connectivity index (χ1v) is 5.21. The second-order valence-electron chi connectivity index (χ2n) is 3.15. The number of carbonyl (C=O) groups is 1. The van der Waals surface area contributed by atoms with Crippen LogP contribution in [0.5, 0.6) is 0 Å². The van der Waals surface area contributed by atoms with Gasteiger partial charge in [-0.2, -0.15) is 0 Å². The number of rotatable bonds is 1. The van der Waals surface area contributed by atoms with Crippen molar-refractivity contribution in [3.63, 3.8) is 0 Å². The minimum Gasteiger partial charge on any atom is -0.398 e. The number of nitrogens with two attached hydrogens (primary N) is 1. The van der Waals surface area contributed by atoms with Gasteiger partial charge < -0.3 is 8.80 Å². The van der Waals surface area contributed by atoms with Crippen LogP contribution >= 0.6 is 23.0 Å². The third-order valence-electron chi connectivity index (χ3n) is 2.21. The first-order valence-electron chi connectivity index (χ1n) is 4.33. The first-order chi connectivity index (χ1) is 7.22. The van der Waals surface area contributed by atoms with Gasteiger partial charge in [0.25, 0.3) is 0 Å². The average Bonchev–Trinajstić information content (AvgIpc) is 2.27. The van der Waals surface area contributed by atoms with Gasteiger partial charge in [-0.1, -0.05) is 24.3 Å². The lowest BCUT2D eigenvalue weighted by molar-refractivity contribution is 0.0801. The smallest absolute Gasteiger partial charge is 0.349 e. The van der Waals surface area contributed by atoms with Gasteiger partial charge in [-0.25, -0.2) is 4.79 Å². The molecular weight excluding hydrogens is 305 g/mol. The monoisotopic (exact) mass is 313 g/mol. The van der Waals surface area contributed by atoms with Gasteiger partial charge in [-0.05, 0) is 22.9 Å². The molecule has 3 nitrogen and oxygen atoms in total. The predicted molar refractivity (Wildman–Crippen MR) is 67.8 cm³/mol. The van der Waals surface area contributed by atoms with E-state index in [4.69, 9.17) is 5.73 Å². The quantitative estimate of drug-likeness (QED) is 0.650. The molecule has 0 bridgehead atoms. The second-order valence-corrected chi connectivity index (χ2v) is 3.59. The zero-order valence-corrected chi connectivity index (χ0v) is 9.89. The Morgan fingerprint density at radius 3 is 2.40 bits per heavy atom. The van der Waals surface area contributed by atoms with Crippen molar-refractivity contribution in [3.05, 3.63) is 42.0 Å². The zero-order chi connectivity index (χ0) is 10.8. The summed E-state index contributed by atoms with van der Waals surface area (Å²) in [4.78, 5) is 11.4. The van der Waals surface area contributed by atoms with Crippen LogP contribution in [0.25, 0.3) is 10.8 Å². The summed E-state index contributed by atoms with van der Waals surface area (Å²) in [6.07, 6.45) is 0. The van der Waals surface area contributed by atoms with Crippen LogP contribution in [0, 0.1) is 0 Å². The van der Waals surface area contributed by atoms with Crippen molar-refractivity contribution in [1.29, 1.82) is 0 Å². The number of nitrogen functional groups attached to an aromatic ring is 1. The van der Waals surface area contributed by atoms with E-state index in [0.717, 1.165) is 10.8 Å². The Morgan fingerprint density at radius 1 is 1.20 bits per heavy atom. The molecule has 0 aromatic heterocycles. The van der Waals surface area contributed by atoms with Crippen LogP contribution < -0.4 is 5.73 Å². The number of hydrogen-bond acceptors (Lipinski definition) is 3. The third kappa shape index (κ3) is 1.90. The fraction of sp³-hybridized carbons (Fsp3) is 0. The van der Waals surface area contributed by atoms with Crippen LogP contribution in [0.15, 0.2) is 36.4 Å². The molecule has 0 fully saturated rings. The third-order valence-corrected chi connectivity index (χ3v) is 2.61. The molecule has 0 radical (unpaired) electrons. The summed E-state index contributed by atoms with van der Waals surface area (Å²) >= 11 is 1.55. The summed E-state index contributed by atoms with van der Waals surface area (Å²) in [5.74, 6) is -0.418. The van der Waals surface area contributed by atoms with E-state index in [1.807, 2.05) is 24.3 Å². The molecule has 76 valence electrons. The molecule has 0 spiro atoms. The molecule has 2 aromatic carbocycles. The van der Waals surface area contributed by atoms with E-state index in [1.165, 1.54) is 0 Å². The number of carbonyl (C=O) groups excluding carboxylic acids is 1. The predicted octanol–water partition coefficient (Wildman–Crippen LogP) is 2.93. The van der Waals surface area contributed by atoms with Gasteiger partial charge in [-0.15, -0.1) is 0 Å². The van der Waals surface area contributed by atoms with E-state index in [2.05, 4.69) is 3.07 Å². The SMILES string of the molecule is Nc1cc2ccccc2cc1C(=O)OI. The van der Waals surface area contributed by atoms with E-state index in [9.17, 15) is 4.79 Å². The summed E-state index contributed by atoms with van der Waals surface area (Å²) < 4.78 is 4.62. The molecule has 0 amide bonds. The van der Waals surface area contributed by atoms with E-state index in [1.54, 1.807) is 35.1 Å². The van der Waals surface area contributed by atoms with Crippen molar-refractivity contribution in [1.82, 2.24) is 0 Å². The van der Waals surface area contributed by atoms with Gasteiger partial charge in [0.15, 0.2) is 23.0 Å². The van der Waals surface area contributed by atoms with Crippen LogP contribution in [-0.2, 0) is 3.07 Å². The zero-order valence-electron chi connectivity index (χ0n) is 7.74. The van der Waals surface area contributed by atoms with Gasteiger partial charge in [-0.3, -0.25) is 0 Å². The molecule has 0 aliphatic heterocycles. The summed E-state index contributed by atoms with van der Waals surface area (Å²) in [7, 11) is 0. The minimum absolute atomic E-state index is 0.406. The van der Waals surface area contributed by atoms with Crippen LogP contribution in [0.3, 0.4) is 0 Å². The molecule has 4 heteroatoms. The van der Waals surface area contributed by atoms with Gasteiger partial charge in [0.1, 0.15) is 0 Å². The molecule has 0 saturated heterocycles. The molecule has 0 heterocycles. The number of anilines is 1. The van der Waals surface area contributed by atoms with Crippen LogP contribution in [0.4, 0.5) is 5.69 Å². The lowest BCUT2D eigenvalue weighted by Crippen LogP contribution is -2.02. The number of fused-ring (bicyclic) bond motifs is 1. The van der Waals surface area contributed by atoms with Crippen molar-refractivity contribution in [3.8, 4) is 0 Å². The molecule has 0 atom stereocenters. The van der Waals surface area contributed by atoms with Crippen molar-refractivity contribution in [2.24, 2.45) is 0 Å². The molecule has 0 saturated carbocycles. The van der Waals surface area contributed by atoms with Gasteiger partial charge >= 0.3 is 5.97 Å². The van der Waals surface area contributed by atoms with Gasteiger partial charge in [0.2, 0.25) is 0 Å². The molecule has 0 unspecified atom stereocenters. The number of halogens is 1. The highest BCUT2D eigenvalue weighted by atomic mass is 127. The number of hydrogen-bond donors (Lipinski definition) is 1. The van der Waals surface area contributed by atoms with Crippen LogP contribution in [0.2, 0.25) is 0 Å². The summed E-state index contributed by atoms with van der Waals surface area (Å²) in [6.45, 7) is 0. The Labute approximate surface area is 101 Å². The fourth-order valence-corrected chi connectivity index (χ4v) is 1.71. The highest BCUT2D eigenvalue weighted by Gasteiger charge is 2.11. The maximum absolute atomic E-state index is 11.4. The molecule has 0 aliphatic rings. The summed E-state index contributed by atoms with van der Waals surface area (Å²) in [5, 5.41) is 1.99. The number of benzene rings is 2. The van der Waals surface area contributed by atoms with Crippen LogP contribution in [0.1, 0.15) is 10.4 Å². The second kappa shape index (κ2) is 4.06.